The molecule has 1 heterocycles. The van der Waals surface area contributed by atoms with Gasteiger partial charge in [-0.3, -0.25) is 9.59 Å². The minimum Gasteiger partial charge on any atom is -0.497 e. The second kappa shape index (κ2) is 9.56. The Labute approximate surface area is 187 Å². The second-order valence-electron chi connectivity index (χ2n) is 7.84. The standard InChI is InChI=1S/C26H26N2O4/c1-18-26(30)28(16-19-7-4-3-5-8-19)17-21-15-22(11-12-24(21)32-18)27-25(29)14-20-9-6-10-23(13-20)31-2/h3-13,15,18H,14,16-17H2,1-2H3,(H,27,29). The van der Waals surface area contributed by atoms with E-state index in [1.165, 1.54) is 0 Å². The van der Waals surface area contributed by atoms with Gasteiger partial charge in [-0.2, -0.15) is 0 Å². The first-order valence-electron chi connectivity index (χ1n) is 10.6. The highest BCUT2D eigenvalue weighted by molar-refractivity contribution is 5.92. The number of nitrogens with one attached hydrogen (secondary N) is 1. The highest BCUT2D eigenvalue weighted by atomic mass is 16.5. The first-order valence-corrected chi connectivity index (χ1v) is 10.6. The van der Waals surface area contributed by atoms with Crippen LogP contribution in [-0.2, 0) is 29.1 Å². The first kappa shape index (κ1) is 21.4. The lowest BCUT2D eigenvalue weighted by molar-refractivity contribution is -0.138. The molecule has 4 rings (SSSR count). The number of benzene rings is 3. The molecule has 0 radical (unpaired) electrons. The van der Waals surface area contributed by atoms with Crippen LogP contribution >= 0.6 is 0 Å². The normalized spacial score (nSPS) is 15.4. The number of hydrogen-bond donors (Lipinski definition) is 1. The summed E-state index contributed by atoms with van der Waals surface area (Å²) in [6, 6.07) is 22.8. The summed E-state index contributed by atoms with van der Waals surface area (Å²) in [6.45, 7) is 2.67. The van der Waals surface area contributed by atoms with Gasteiger partial charge in [0.2, 0.25) is 5.91 Å². The number of carbonyl (C=O) groups excluding carboxylic acids is 2. The van der Waals surface area contributed by atoms with Gasteiger partial charge >= 0.3 is 0 Å². The Balaban J connectivity index is 1.49. The van der Waals surface area contributed by atoms with Crippen LogP contribution in [0, 0.1) is 0 Å². The number of hydrogen-bond acceptors (Lipinski definition) is 4. The maximum atomic E-state index is 12.9. The molecule has 1 atom stereocenters. The molecule has 6 heteroatoms. The molecule has 164 valence electrons. The van der Waals surface area contributed by atoms with E-state index in [2.05, 4.69) is 5.32 Å². The smallest absolute Gasteiger partial charge is 0.263 e. The Morgan fingerprint density at radius 1 is 1.06 bits per heavy atom. The summed E-state index contributed by atoms with van der Waals surface area (Å²) in [4.78, 5) is 27.2. The maximum absolute atomic E-state index is 12.9. The number of anilines is 1. The molecule has 0 saturated carbocycles. The van der Waals surface area contributed by atoms with Crippen molar-refractivity contribution in [3.8, 4) is 11.5 Å². The zero-order valence-corrected chi connectivity index (χ0v) is 18.2. The minimum absolute atomic E-state index is 0.0614. The van der Waals surface area contributed by atoms with Crippen molar-refractivity contribution in [3.05, 3.63) is 89.5 Å². The van der Waals surface area contributed by atoms with Crippen LogP contribution in [0.15, 0.2) is 72.8 Å². The fourth-order valence-electron chi connectivity index (χ4n) is 3.79. The van der Waals surface area contributed by atoms with Crippen LogP contribution in [0.25, 0.3) is 0 Å². The van der Waals surface area contributed by atoms with Crippen molar-refractivity contribution in [2.24, 2.45) is 0 Å². The molecule has 3 aromatic rings. The van der Waals surface area contributed by atoms with Crippen LogP contribution in [0.1, 0.15) is 23.6 Å². The summed E-state index contributed by atoms with van der Waals surface area (Å²) in [6.07, 6.45) is -0.339. The summed E-state index contributed by atoms with van der Waals surface area (Å²) in [5.74, 6) is 1.19. The zero-order chi connectivity index (χ0) is 22.5. The Kier molecular flexibility index (Phi) is 6.40. The van der Waals surface area contributed by atoms with Crippen LogP contribution in [0.4, 0.5) is 5.69 Å². The van der Waals surface area contributed by atoms with Gasteiger partial charge in [-0.15, -0.1) is 0 Å². The molecule has 6 nitrogen and oxygen atoms in total. The summed E-state index contributed by atoms with van der Waals surface area (Å²) in [5.41, 5.74) is 3.45. The largest absolute Gasteiger partial charge is 0.497 e. The third-order valence-corrected chi connectivity index (χ3v) is 5.38. The molecule has 0 spiro atoms. The molecule has 0 aromatic heterocycles. The van der Waals surface area contributed by atoms with Crippen LogP contribution < -0.4 is 14.8 Å². The van der Waals surface area contributed by atoms with E-state index in [1.807, 2.05) is 66.7 Å². The van der Waals surface area contributed by atoms with Crippen molar-refractivity contribution in [3.63, 3.8) is 0 Å². The summed E-state index contributed by atoms with van der Waals surface area (Å²) < 4.78 is 11.1. The van der Waals surface area contributed by atoms with Gasteiger partial charge in [-0.1, -0.05) is 42.5 Å². The highest BCUT2D eigenvalue weighted by Crippen LogP contribution is 2.29. The van der Waals surface area contributed by atoms with Gasteiger partial charge in [-0.05, 0) is 48.4 Å². The molecule has 0 fully saturated rings. The SMILES string of the molecule is COc1cccc(CC(=O)Nc2ccc3c(c2)CN(Cc2ccccc2)C(=O)C(C)O3)c1. The van der Waals surface area contributed by atoms with Gasteiger partial charge in [0.1, 0.15) is 11.5 Å². The Hall–Kier alpha value is -3.80. The van der Waals surface area contributed by atoms with Gasteiger partial charge in [0.25, 0.3) is 5.91 Å². The van der Waals surface area contributed by atoms with E-state index in [-0.39, 0.29) is 18.2 Å². The van der Waals surface area contributed by atoms with Crippen LogP contribution in [0.3, 0.4) is 0 Å². The van der Waals surface area contributed by atoms with Crippen LogP contribution in [-0.4, -0.2) is 29.9 Å². The molecular formula is C26H26N2O4. The number of amides is 2. The molecule has 1 N–H and O–H groups in total. The lowest BCUT2D eigenvalue weighted by Crippen LogP contribution is -2.37. The second-order valence-corrected chi connectivity index (χ2v) is 7.84. The molecule has 0 bridgehead atoms. The van der Waals surface area contributed by atoms with Crippen LogP contribution in [0.2, 0.25) is 0 Å². The fraction of sp³-hybridized carbons (Fsp3) is 0.231. The van der Waals surface area contributed by atoms with Gasteiger partial charge in [0.15, 0.2) is 6.10 Å². The minimum atomic E-state index is -0.575. The molecule has 3 aromatic carbocycles. The fourth-order valence-corrected chi connectivity index (χ4v) is 3.79. The molecule has 1 aliphatic rings. The first-order chi connectivity index (χ1) is 15.5. The van der Waals surface area contributed by atoms with E-state index in [0.29, 0.717) is 24.5 Å². The predicted molar refractivity (Wildman–Crippen MR) is 123 cm³/mol. The maximum Gasteiger partial charge on any atom is 0.263 e. The van der Waals surface area contributed by atoms with Crippen molar-refractivity contribution in [2.75, 3.05) is 12.4 Å². The van der Waals surface area contributed by atoms with E-state index < -0.39 is 6.10 Å². The van der Waals surface area contributed by atoms with Gasteiger partial charge in [-0.25, -0.2) is 0 Å². The average Bonchev–Trinajstić information content (AvgIpc) is 2.91. The van der Waals surface area contributed by atoms with Crippen molar-refractivity contribution in [1.82, 2.24) is 4.90 Å². The van der Waals surface area contributed by atoms with E-state index in [4.69, 9.17) is 9.47 Å². The van der Waals surface area contributed by atoms with Gasteiger partial charge in [0, 0.05) is 24.3 Å². The van der Waals surface area contributed by atoms with E-state index in [1.54, 1.807) is 25.0 Å². The van der Waals surface area contributed by atoms with Crippen molar-refractivity contribution in [1.29, 1.82) is 0 Å². The Morgan fingerprint density at radius 2 is 1.84 bits per heavy atom. The lowest BCUT2D eigenvalue weighted by Gasteiger charge is -2.22. The predicted octanol–water partition coefficient (Wildman–Crippen LogP) is 4.19. The summed E-state index contributed by atoms with van der Waals surface area (Å²) in [7, 11) is 1.60. The van der Waals surface area contributed by atoms with Gasteiger partial charge < -0.3 is 19.7 Å². The third-order valence-electron chi connectivity index (χ3n) is 5.38. The third kappa shape index (κ3) is 5.09. The average molecular weight is 431 g/mol. The zero-order valence-electron chi connectivity index (χ0n) is 18.2. The molecule has 1 unspecified atom stereocenters. The summed E-state index contributed by atoms with van der Waals surface area (Å²) >= 11 is 0. The molecule has 32 heavy (non-hydrogen) atoms. The number of ether oxygens (including phenoxy) is 2. The number of nitrogens with zero attached hydrogens (tertiary/aromatic N) is 1. The van der Waals surface area contributed by atoms with E-state index in [9.17, 15) is 9.59 Å². The van der Waals surface area contributed by atoms with E-state index >= 15 is 0 Å². The highest BCUT2D eigenvalue weighted by Gasteiger charge is 2.28. The molecule has 2 amide bonds. The van der Waals surface area contributed by atoms with Crippen molar-refractivity contribution < 1.29 is 19.1 Å². The number of rotatable bonds is 6. The molecular weight excluding hydrogens is 404 g/mol. The van der Waals surface area contributed by atoms with Crippen molar-refractivity contribution in [2.45, 2.75) is 32.5 Å². The topological polar surface area (TPSA) is 67.9 Å². The molecule has 0 aliphatic carbocycles. The Morgan fingerprint density at radius 3 is 2.62 bits per heavy atom. The van der Waals surface area contributed by atoms with Gasteiger partial charge in [0.05, 0.1) is 13.5 Å². The monoisotopic (exact) mass is 430 g/mol. The quantitative estimate of drug-likeness (QED) is 0.637. The van der Waals surface area contributed by atoms with Crippen LogP contribution in [0.5, 0.6) is 11.5 Å². The molecule has 1 aliphatic heterocycles. The number of methoxy groups -OCH3 is 1. The van der Waals surface area contributed by atoms with E-state index in [0.717, 1.165) is 22.4 Å². The van der Waals surface area contributed by atoms with Crippen molar-refractivity contribution >= 4 is 17.5 Å². The number of carbonyl (C=O) groups is 2. The lowest BCUT2D eigenvalue weighted by atomic mass is 10.1. The number of fused-ring (bicyclic) bond motifs is 1. The Bertz CT molecular complexity index is 1110. The molecule has 0 saturated heterocycles. The summed E-state index contributed by atoms with van der Waals surface area (Å²) in [5, 5.41) is 2.95.